The third-order valence-corrected chi connectivity index (χ3v) is 3.35. The van der Waals surface area contributed by atoms with Gasteiger partial charge in [-0.05, 0) is 45.6 Å². The molecule has 104 valence electrons. The third kappa shape index (κ3) is 3.25. The predicted octanol–water partition coefficient (Wildman–Crippen LogP) is 2.85. The molecule has 0 N–H and O–H groups in total. The summed E-state index contributed by atoms with van der Waals surface area (Å²) in [5.41, 5.74) is 1.42. The molecule has 2 rings (SSSR count). The number of carbonyl (C=O) groups is 1. The molecular formula is C15H21NO3. The number of esters is 1. The van der Waals surface area contributed by atoms with E-state index in [1.165, 1.54) is 20.0 Å². The second kappa shape index (κ2) is 5.19. The lowest BCUT2D eigenvalue weighted by Gasteiger charge is -2.22. The molecule has 4 nitrogen and oxygen atoms in total. The van der Waals surface area contributed by atoms with Crippen molar-refractivity contribution >= 4 is 5.97 Å². The maximum atomic E-state index is 11.6. The van der Waals surface area contributed by atoms with Gasteiger partial charge in [-0.3, -0.25) is 4.79 Å². The fourth-order valence-corrected chi connectivity index (χ4v) is 1.95. The molecule has 0 aliphatic heterocycles. The summed E-state index contributed by atoms with van der Waals surface area (Å²) in [5.74, 6) is 0.969. The van der Waals surface area contributed by atoms with Crippen LogP contribution in [0, 0.1) is 12.3 Å². The Kier molecular flexibility index (Phi) is 3.78. The number of pyridine rings is 1. The maximum absolute atomic E-state index is 11.6. The molecule has 19 heavy (non-hydrogen) atoms. The van der Waals surface area contributed by atoms with Crippen LogP contribution < -0.4 is 4.74 Å². The first-order valence-electron chi connectivity index (χ1n) is 6.63. The summed E-state index contributed by atoms with van der Waals surface area (Å²) >= 11 is 0. The van der Waals surface area contributed by atoms with Crippen LogP contribution in [0.25, 0.3) is 0 Å². The third-order valence-electron chi connectivity index (χ3n) is 3.35. The quantitative estimate of drug-likeness (QED) is 0.766. The SMILES string of the molecule is COC(=O)C(C)(C)COc1nc(C)ccc1C1CC1. The Morgan fingerprint density at radius 1 is 1.42 bits per heavy atom. The molecule has 1 aromatic rings. The first kappa shape index (κ1) is 13.8. The average Bonchev–Trinajstić information content (AvgIpc) is 3.19. The van der Waals surface area contributed by atoms with Crippen molar-refractivity contribution in [2.75, 3.05) is 13.7 Å². The lowest BCUT2D eigenvalue weighted by molar-refractivity contribution is -0.152. The van der Waals surface area contributed by atoms with Crippen LogP contribution in [0.15, 0.2) is 12.1 Å². The average molecular weight is 263 g/mol. The minimum Gasteiger partial charge on any atom is -0.476 e. The Balaban J connectivity index is 2.10. The van der Waals surface area contributed by atoms with E-state index in [0.717, 1.165) is 11.3 Å². The van der Waals surface area contributed by atoms with Crippen molar-refractivity contribution in [1.82, 2.24) is 4.98 Å². The van der Waals surface area contributed by atoms with E-state index in [-0.39, 0.29) is 12.6 Å². The van der Waals surface area contributed by atoms with Gasteiger partial charge in [0.15, 0.2) is 0 Å². The highest BCUT2D eigenvalue weighted by Gasteiger charge is 2.32. The van der Waals surface area contributed by atoms with Gasteiger partial charge >= 0.3 is 5.97 Å². The summed E-state index contributed by atoms with van der Waals surface area (Å²) in [6.45, 7) is 5.84. The van der Waals surface area contributed by atoms with Crippen molar-refractivity contribution in [3.63, 3.8) is 0 Å². The molecule has 0 atom stereocenters. The Labute approximate surface area is 114 Å². The van der Waals surface area contributed by atoms with Crippen LogP contribution in [0.4, 0.5) is 0 Å². The highest BCUT2D eigenvalue weighted by Crippen LogP contribution is 2.43. The minimum absolute atomic E-state index is 0.270. The molecule has 1 aliphatic carbocycles. The zero-order valence-electron chi connectivity index (χ0n) is 12.0. The number of aromatic nitrogens is 1. The van der Waals surface area contributed by atoms with E-state index in [1.807, 2.05) is 26.8 Å². The van der Waals surface area contributed by atoms with E-state index in [4.69, 9.17) is 9.47 Å². The number of rotatable bonds is 5. The Bertz CT molecular complexity index is 478. The normalized spacial score (nSPS) is 15.2. The molecule has 1 fully saturated rings. The van der Waals surface area contributed by atoms with E-state index < -0.39 is 5.41 Å². The highest BCUT2D eigenvalue weighted by atomic mass is 16.5. The van der Waals surface area contributed by atoms with Gasteiger partial charge in [-0.1, -0.05) is 6.07 Å². The Hall–Kier alpha value is -1.58. The van der Waals surface area contributed by atoms with Crippen molar-refractivity contribution in [3.05, 3.63) is 23.4 Å². The fraction of sp³-hybridized carbons (Fsp3) is 0.600. The number of nitrogens with zero attached hydrogens (tertiary/aromatic N) is 1. The number of aryl methyl sites for hydroxylation is 1. The minimum atomic E-state index is -0.666. The molecule has 4 heteroatoms. The summed E-state index contributed by atoms with van der Waals surface area (Å²) in [4.78, 5) is 16.1. The van der Waals surface area contributed by atoms with Gasteiger partial charge in [0.2, 0.25) is 5.88 Å². The van der Waals surface area contributed by atoms with Crippen LogP contribution >= 0.6 is 0 Å². The van der Waals surface area contributed by atoms with E-state index in [0.29, 0.717) is 11.8 Å². The number of hydrogen-bond donors (Lipinski definition) is 0. The molecule has 0 spiro atoms. The van der Waals surface area contributed by atoms with Crippen LogP contribution in [-0.4, -0.2) is 24.7 Å². The standard InChI is InChI=1S/C15H21NO3/c1-10-5-8-12(11-6-7-11)13(16-10)19-9-15(2,3)14(17)18-4/h5,8,11H,6-7,9H2,1-4H3. The summed E-state index contributed by atoms with van der Waals surface area (Å²) < 4.78 is 10.6. The van der Waals surface area contributed by atoms with Crippen molar-refractivity contribution in [2.45, 2.75) is 39.5 Å². The molecule has 1 saturated carbocycles. The van der Waals surface area contributed by atoms with Gasteiger partial charge in [0.1, 0.15) is 6.61 Å². The number of methoxy groups -OCH3 is 1. The van der Waals surface area contributed by atoms with Crippen LogP contribution in [0.3, 0.4) is 0 Å². The fourth-order valence-electron chi connectivity index (χ4n) is 1.95. The van der Waals surface area contributed by atoms with Crippen LogP contribution in [0.1, 0.15) is 43.9 Å². The summed E-state index contributed by atoms with van der Waals surface area (Å²) in [7, 11) is 1.39. The highest BCUT2D eigenvalue weighted by molar-refractivity contribution is 5.75. The number of carbonyl (C=O) groups excluding carboxylic acids is 1. The summed E-state index contributed by atoms with van der Waals surface area (Å²) in [6.07, 6.45) is 2.39. The topological polar surface area (TPSA) is 48.4 Å². The van der Waals surface area contributed by atoms with E-state index in [1.54, 1.807) is 0 Å². The number of hydrogen-bond acceptors (Lipinski definition) is 4. The molecule has 0 aromatic carbocycles. The Morgan fingerprint density at radius 2 is 2.11 bits per heavy atom. The summed E-state index contributed by atoms with van der Waals surface area (Å²) in [6, 6.07) is 4.09. The van der Waals surface area contributed by atoms with Crippen LogP contribution in [0.2, 0.25) is 0 Å². The first-order chi connectivity index (χ1) is 8.94. The van der Waals surface area contributed by atoms with E-state index >= 15 is 0 Å². The molecule has 0 bridgehead atoms. The second-order valence-electron chi connectivity index (χ2n) is 5.79. The zero-order chi connectivity index (χ0) is 14.0. The van der Waals surface area contributed by atoms with E-state index in [2.05, 4.69) is 11.1 Å². The van der Waals surface area contributed by atoms with Gasteiger partial charge in [0.05, 0.1) is 12.5 Å². The molecule has 1 heterocycles. The van der Waals surface area contributed by atoms with E-state index in [9.17, 15) is 4.79 Å². The molecule has 0 amide bonds. The molecule has 0 unspecified atom stereocenters. The molecule has 1 aromatic heterocycles. The zero-order valence-corrected chi connectivity index (χ0v) is 12.0. The lowest BCUT2D eigenvalue weighted by Crippen LogP contribution is -2.32. The first-order valence-corrected chi connectivity index (χ1v) is 6.63. The predicted molar refractivity (Wildman–Crippen MR) is 72.2 cm³/mol. The molecule has 0 radical (unpaired) electrons. The van der Waals surface area contributed by atoms with Gasteiger partial charge in [-0.2, -0.15) is 0 Å². The smallest absolute Gasteiger partial charge is 0.314 e. The van der Waals surface area contributed by atoms with Gasteiger partial charge in [-0.25, -0.2) is 4.98 Å². The Morgan fingerprint density at radius 3 is 2.68 bits per heavy atom. The van der Waals surface area contributed by atoms with Crippen molar-refractivity contribution in [3.8, 4) is 5.88 Å². The molecule has 0 saturated heterocycles. The lowest BCUT2D eigenvalue weighted by atomic mass is 9.95. The largest absolute Gasteiger partial charge is 0.476 e. The van der Waals surface area contributed by atoms with Crippen molar-refractivity contribution in [2.24, 2.45) is 5.41 Å². The van der Waals surface area contributed by atoms with Crippen LogP contribution in [0.5, 0.6) is 5.88 Å². The van der Waals surface area contributed by atoms with Gasteiger partial charge < -0.3 is 9.47 Å². The molecule has 1 aliphatic rings. The monoisotopic (exact) mass is 263 g/mol. The van der Waals surface area contributed by atoms with Gasteiger partial charge in [-0.15, -0.1) is 0 Å². The molecular weight excluding hydrogens is 242 g/mol. The maximum Gasteiger partial charge on any atom is 0.314 e. The number of ether oxygens (including phenoxy) is 2. The van der Waals surface area contributed by atoms with Crippen molar-refractivity contribution < 1.29 is 14.3 Å². The van der Waals surface area contributed by atoms with Crippen LogP contribution in [-0.2, 0) is 9.53 Å². The van der Waals surface area contributed by atoms with Gasteiger partial charge in [0.25, 0.3) is 0 Å². The summed E-state index contributed by atoms with van der Waals surface area (Å²) in [5, 5.41) is 0. The van der Waals surface area contributed by atoms with Gasteiger partial charge in [0, 0.05) is 11.3 Å². The van der Waals surface area contributed by atoms with Crippen molar-refractivity contribution in [1.29, 1.82) is 0 Å². The second-order valence-corrected chi connectivity index (χ2v) is 5.79.